The summed E-state index contributed by atoms with van der Waals surface area (Å²) in [6.07, 6.45) is 1.38. The fraction of sp³-hybridized carbons (Fsp3) is 0.273. The first-order valence-electron chi connectivity index (χ1n) is 5.26. The van der Waals surface area contributed by atoms with Gasteiger partial charge in [0, 0.05) is 18.4 Å². The molecular formula is C11H10CaN2O6. The van der Waals surface area contributed by atoms with Crippen LogP contribution in [0.3, 0.4) is 0 Å². The van der Waals surface area contributed by atoms with Crippen LogP contribution in [0.25, 0.3) is 0 Å². The van der Waals surface area contributed by atoms with Crippen LogP contribution in [0.2, 0.25) is 0 Å². The van der Waals surface area contributed by atoms with E-state index in [-0.39, 0.29) is 48.4 Å². The van der Waals surface area contributed by atoms with Gasteiger partial charge in [0.15, 0.2) is 0 Å². The number of carboxylic acids is 2. The Bertz CT molecular complexity index is 481. The number of hydrogen-bond acceptors (Lipinski definition) is 7. The Balaban J connectivity index is 0.00000361. The summed E-state index contributed by atoms with van der Waals surface area (Å²) >= 11 is 0. The van der Waals surface area contributed by atoms with Crippen LogP contribution < -0.4 is 10.2 Å². The fourth-order valence-corrected chi connectivity index (χ4v) is 1.36. The number of carboxylic acid groups (broad SMARTS) is 2. The summed E-state index contributed by atoms with van der Waals surface area (Å²) in [5, 5.41) is 30.5. The molecule has 0 aliphatic heterocycles. The summed E-state index contributed by atoms with van der Waals surface area (Å²) in [4.78, 5) is 36.4. The van der Waals surface area contributed by atoms with Crippen molar-refractivity contribution in [2.45, 2.75) is 18.9 Å². The van der Waals surface area contributed by atoms with Crippen LogP contribution in [-0.4, -0.2) is 76.9 Å². The van der Waals surface area contributed by atoms with Crippen molar-refractivity contribution in [3.05, 3.63) is 30.1 Å². The smallest absolute Gasteiger partial charge is 0.550 e. The molecule has 0 radical (unpaired) electrons. The number of nitrogens with zero attached hydrogens (tertiary/aromatic N) is 2. The number of hydroxylamine groups is 2. The molecule has 102 valence electrons. The van der Waals surface area contributed by atoms with E-state index >= 15 is 0 Å². The molecule has 9 heteroatoms. The monoisotopic (exact) mass is 306 g/mol. The number of hydrogen-bond donors (Lipinski definition) is 1. The van der Waals surface area contributed by atoms with Crippen molar-refractivity contribution in [3.8, 4) is 0 Å². The summed E-state index contributed by atoms with van der Waals surface area (Å²) in [6.45, 7) is 0. The zero-order valence-electron chi connectivity index (χ0n) is 10.4. The number of carbonyl (C=O) groups excluding carboxylic acids is 3. The minimum atomic E-state index is -1.77. The third-order valence-electron chi connectivity index (χ3n) is 2.31. The van der Waals surface area contributed by atoms with Gasteiger partial charge in [-0.15, -0.1) is 0 Å². The van der Waals surface area contributed by atoms with Gasteiger partial charge in [0.25, 0.3) is 5.91 Å². The van der Waals surface area contributed by atoms with Gasteiger partial charge in [-0.1, -0.05) is 0 Å². The van der Waals surface area contributed by atoms with E-state index in [1.807, 2.05) is 0 Å². The Hall–Kier alpha value is -1.22. The molecule has 1 heterocycles. The fourth-order valence-electron chi connectivity index (χ4n) is 1.36. The van der Waals surface area contributed by atoms with Gasteiger partial charge < -0.3 is 19.8 Å². The maximum Gasteiger partial charge on any atom is 2.00 e. The van der Waals surface area contributed by atoms with E-state index in [0.29, 0.717) is 0 Å². The first-order chi connectivity index (χ1) is 8.93. The SMILES string of the molecule is O=C([O-])CC[C@H](C(=O)[O-])N(O)C(=O)c1cccnc1.[Ca+2]. The van der Waals surface area contributed by atoms with Gasteiger partial charge in [0.05, 0.1) is 17.6 Å². The molecule has 0 bridgehead atoms. The maximum atomic E-state index is 11.7. The van der Waals surface area contributed by atoms with Crippen LogP contribution in [0.5, 0.6) is 0 Å². The standard InChI is InChI=1S/C11H12N2O6.Ca/c14-9(15)4-3-8(11(17)18)13(19)10(16)7-2-1-5-12-6-7;/h1-2,5-6,8,19H,3-4H2,(H,14,15)(H,17,18);/q;+2/p-2/t8-;/m1./s1. The molecule has 20 heavy (non-hydrogen) atoms. The molecule has 0 fully saturated rings. The average molecular weight is 306 g/mol. The van der Waals surface area contributed by atoms with Crippen molar-refractivity contribution >= 4 is 55.6 Å². The third-order valence-corrected chi connectivity index (χ3v) is 2.31. The third kappa shape index (κ3) is 5.41. The summed E-state index contributed by atoms with van der Waals surface area (Å²) in [5.74, 6) is -4.27. The van der Waals surface area contributed by atoms with Crippen molar-refractivity contribution in [1.82, 2.24) is 10.0 Å². The molecule has 1 N–H and O–H groups in total. The Kier molecular flexibility index (Phi) is 8.31. The quantitative estimate of drug-likeness (QED) is 0.340. The summed E-state index contributed by atoms with van der Waals surface area (Å²) < 4.78 is 0. The second-order valence-electron chi connectivity index (χ2n) is 3.64. The van der Waals surface area contributed by atoms with Crippen molar-refractivity contribution in [1.29, 1.82) is 0 Å². The molecule has 0 aromatic carbocycles. The summed E-state index contributed by atoms with van der Waals surface area (Å²) in [7, 11) is 0. The number of aliphatic carboxylic acids is 2. The molecule has 1 aromatic rings. The van der Waals surface area contributed by atoms with Gasteiger partial charge >= 0.3 is 37.7 Å². The zero-order chi connectivity index (χ0) is 14.4. The topological polar surface area (TPSA) is 134 Å². The van der Waals surface area contributed by atoms with Crippen molar-refractivity contribution in [2.75, 3.05) is 0 Å². The van der Waals surface area contributed by atoms with Crippen LogP contribution in [0.4, 0.5) is 0 Å². The number of amides is 1. The number of rotatable bonds is 6. The Morgan fingerprint density at radius 3 is 2.45 bits per heavy atom. The maximum absolute atomic E-state index is 11.7. The number of aromatic nitrogens is 1. The van der Waals surface area contributed by atoms with E-state index in [9.17, 15) is 29.8 Å². The van der Waals surface area contributed by atoms with E-state index in [4.69, 9.17) is 0 Å². The zero-order valence-corrected chi connectivity index (χ0v) is 12.6. The summed E-state index contributed by atoms with van der Waals surface area (Å²) in [6, 6.07) is 0.977. The van der Waals surface area contributed by atoms with E-state index in [0.717, 1.165) is 6.20 Å². The Labute approximate surface area is 144 Å². The minimum Gasteiger partial charge on any atom is -0.550 e. The van der Waals surface area contributed by atoms with Crippen LogP contribution in [0, 0.1) is 0 Å². The van der Waals surface area contributed by atoms with Crippen molar-refractivity contribution in [3.63, 3.8) is 0 Å². The predicted molar refractivity (Wildman–Crippen MR) is 61.0 cm³/mol. The van der Waals surface area contributed by atoms with E-state index in [2.05, 4.69) is 4.98 Å². The molecular weight excluding hydrogens is 296 g/mol. The molecule has 0 aliphatic rings. The average Bonchev–Trinajstić information content (AvgIpc) is 2.38. The molecule has 1 amide bonds. The first kappa shape index (κ1) is 18.8. The van der Waals surface area contributed by atoms with Gasteiger partial charge in [-0.05, 0) is 25.0 Å². The molecule has 0 saturated heterocycles. The van der Waals surface area contributed by atoms with Crippen molar-refractivity contribution < 1.29 is 29.8 Å². The van der Waals surface area contributed by atoms with Gasteiger partial charge in [0.2, 0.25) is 0 Å². The van der Waals surface area contributed by atoms with E-state index in [1.54, 1.807) is 0 Å². The predicted octanol–water partition coefficient (Wildman–Crippen LogP) is -2.82. The first-order valence-corrected chi connectivity index (χ1v) is 5.26. The van der Waals surface area contributed by atoms with E-state index < -0.39 is 36.7 Å². The molecule has 1 atom stereocenters. The summed E-state index contributed by atoms with van der Waals surface area (Å²) in [5.41, 5.74) is -0.0373. The normalized spacial score (nSPS) is 11.1. The van der Waals surface area contributed by atoms with Crippen LogP contribution in [-0.2, 0) is 9.59 Å². The molecule has 8 nitrogen and oxygen atoms in total. The molecule has 1 rings (SSSR count). The molecule has 0 spiro atoms. The molecule has 0 saturated carbocycles. The van der Waals surface area contributed by atoms with Gasteiger partial charge in [-0.3, -0.25) is 15.0 Å². The molecule has 0 unspecified atom stereocenters. The molecule has 1 aromatic heterocycles. The molecule has 0 aliphatic carbocycles. The Morgan fingerprint density at radius 1 is 1.35 bits per heavy atom. The number of carbonyl (C=O) groups is 3. The van der Waals surface area contributed by atoms with Crippen LogP contribution >= 0.6 is 0 Å². The van der Waals surface area contributed by atoms with Crippen LogP contribution in [0.15, 0.2) is 24.5 Å². The number of pyridine rings is 1. The van der Waals surface area contributed by atoms with Gasteiger partial charge in [-0.2, -0.15) is 0 Å². The Morgan fingerprint density at radius 2 is 2.00 bits per heavy atom. The largest absolute Gasteiger partial charge is 2.00 e. The van der Waals surface area contributed by atoms with Gasteiger partial charge in [-0.25, -0.2) is 5.06 Å². The van der Waals surface area contributed by atoms with Crippen LogP contribution in [0.1, 0.15) is 23.2 Å². The minimum absolute atomic E-state index is 0. The van der Waals surface area contributed by atoms with Gasteiger partial charge in [0.1, 0.15) is 0 Å². The van der Waals surface area contributed by atoms with E-state index in [1.165, 1.54) is 18.3 Å². The van der Waals surface area contributed by atoms with Crippen molar-refractivity contribution in [2.24, 2.45) is 0 Å². The second kappa shape index (κ2) is 8.85. The second-order valence-corrected chi connectivity index (χ2v) is 3.64.